The first-order chi connectivity index (χ1) is 9.93. The predicted molar refractivity (Wildman–Crippen MR) is 82.9 cm³/mol. The maximum Gasteiger partial charge on any atom is 0.239 e. The number of nitrogens with zero attached hydrogens (tertiary/aromatic N) is 2. The zero-order chi connectivity index (χ0) is 15.8. The Morgan fingerprint density at radius 1 is 1.48 bits per heavy atom. The van der Waals surface area contributed by atoms with Crippen molar-refractivity contribution >= 4 is 17.6 Å². The first-order valence-electron chi connectivity index (χ1n) is 6.76. The molecular formula is C15H22N4O2. The van der Waals surface area contributed by atoms with Gasteiger partial charge in [0, 0.05) is 12.2 Å². The van der Waals surface area contributed by atoms with E-state index in [1.807, 2.05) is 19.1 Å². The van der Waals surface area contributed by atoms with E-state index in [0.717, 1.165) is 5.69 Å². The minimum Gasteiger partial charge on any atom is -0.351 e. The molecule has 1 atom stereocenters. The van der Waals surface area contributed by atoms with Crippen molar-refractivity contribution in [1.29, 1.82) is 0 Å². The molecule has 2 amide bonds. The number of aromatic nitrogens is 1. The number of pyridine rings is 1. The molecule has 0 fully saturated rings. The van der Waals surface area contributed by atoms with Gasteiger partial charge in [-0.25, -0.2) is 4.98 Å². The smallest absolute Gasteiger partial charge is 0.239 e. The van der Waals surface area contributed by atoms with Crippen molar-refractivity contribution in [2.24, 2.45) is 0 Å². The van der Waals surface area contributed by atoms with Crippen molar-refractivity contribution in [2.45, 2.75) is 19.9 Å². The fourth-order valence-electron chi connectivity index (χ4n) is 1.68. The Morgan fingerprint density at radius 3 is 2.81 bits per heavy atom. The van der Waals surface area contributed by atoms with E-state index >= 15 is 0 Å². The highest BCUT2D eigenvalue weighted by atomic mass is 16.2. The maximum atomic E-state index is 11.9. The molecule has 0 radical (unpaired) electrons. The van der Waals surface area contributed by atoms with Crippen LogP contribution in [0, 0.1) is 6.92 Å². The third-order valence-corrected chi connectivity index (χ3v) is 3.01. The van der Waals surface area contributed by atoms with E-state index in [1.165, 1.54) is 0 Å². The van der Waals surface area contributed by atoms with Crippen LogP contribution >= 0.6 is 0 Å². The summed E-state index contributed by atoms with van der Waals surface area (Å²) in [6, 6.07) is 5.01. The van der Waals surface area contributed by atoms with Gasteiger partial charge in [0.1, 0.15) is 5.82 Å². The predicted octanol–water partition coefficient (Wildman–Crippen LogP) is 0.951. The lowest BCUT2D eigenvalue weighted by Crippen LogP contribution is -2.46. The van der Waals surface area contributed by atoms with Gasteiger partial charge in [-0.1, -0.05) is 12.1 Å². The quantitative estimate of drug-likeness (QED) is 0.733. The number of carbonyl (C=O) groups excluding carboxylic acids is 2. The minimum atomic E-state index is -0.402. The van der Waals surface area contributed by atoms with Crippen LogP contribution in [0.3, 0.4) is 0 Å². The third-order valence-electron chi connectivity index (χ3n) is 3.01. The van der Waals surface area contributed by atoms with E-state index in [9.17, 15) is 9.59 Å². The number of hydrogen-bond donors (Lipinski definition) is 2. The largest absolute Gasteiger partial charge is 0.351 e. The van der Waals surface area contributed by atoms with E-state index < -0.39 is 6.04 Å². The molecule has 114 valence electrons. The van der Waals surface area contributed by atoms with Gasteiger partial charge in [-0.15, -0.1) is 6.58 Å². The summed E-state index contributed by atoms with van der Waals surface area (Å²) in [5.74, 6) is 0.162. The number of amides is 2. The Kier molecular flexibility index (Phi) is 6.55. The number of nitrogens with one attached hydrogen (secondary N) is 2. The zero-order valence-corrected chi connectivity index (χ0v) is 12.7. The molecule has 0 bridgehead atoms. The highest BCUT2D eigenvalue weighted by Crippen LogP contribution is 2.04. The number of aryl methyl sites for hydroxylation is 1. The Bertz CT molecular complexity index is 516. The van der Waals surface area contributed by atoms with E-state index in [1.54, 1.807) is 31.0 Å². The monoisotopic (exact) mass is 290 g/mol. The van der Waals surface area contributed by atoms with Gasteiger partial charge in [-0.2, -0.15) is 0 Å². The number of rotatable bonds is 7. The number of anilines is 1. The summed E-state index contributed by atoms with van der Waals surface area (Å²) in [5, 5.41) is 5.41. The van der Waals surface area contributed by atoms with E-state index in [0.29, 0.717) is 12.4 Å². The van der Waals surface area contributed by atoms with Crippen molar-refractivity contribution < 1.29 is 9.59 Å². The molecule has 1 aromatic rings. The topological polar surface area (TPSA) is 74.3 Å². The molecule has 0 aliphatic carbocycles. The minimum absolute atomic E-state index is 0.109. The molecule has 0 unspecified atom stereocenters. The van der Waals surface area contributed by atoms with Crippen LogP contribution in [0.4, 0.5) is 5.82 Å². The van der Waals surface area contributed by atoms with Crippen LogP contribution in [-0.2, 0) is 9.59 Å². The SMILES string of the molecule is C=CCNC(=O)[C@@H](C)N(C)CC(=O)Nc1cccc(C)n1. The molecule has 0 aliphatic heterocycles. The molecule has 6 nitrogen and oxygen atoms in total. The molecule has 0 saturated carbocycles. The molecule has 6 heteroatoms. The van der Waals surface area contributed by atoms with Crippen molar-refractivity contribution in [1.82, 2.24) is 15.2 Å². The molecule has 21 heavy (non-hydrogen) atoms. The molecule has 1 aromatic heterocycles. The van der Waals surface area contributed by atoms with Crippen molar-refractivity contribution in [3.8, 4) is 0 Å². The molecule has 0 aromatic carbocycles. The van der Waals surface area contributed by atoms with Gasteiger partial charge in [0.15, 0.2) is 0 Å². The van der Waals surface area contributed by atoms with E-state index in [4.69, 9.17) is 0 Å². The maximum absolute atomic E-state index is 11.9. The van der Waals surface area contributed by atoms with E-state index in [-0.39, 0.29) is 18.4 Å². The normalized spacial score (nSPS) is 11.8. The molecule has 0 aliphatic rings. The van der Waals surface area contributed by atoms with Crippen LogP contribution in [0.1, 0.15) is 12.6 Å². The summed E-state index contributed by atoms with van der Waals surface area (Å²) in [5.41, 5.74) is 0.832. The standard InChI is InChI=1S/C15H22N4O2/c1-5-9-16-15(21)12(3)19(4)10-14(20)18-13-8-6-7-11(2)17-13/h5-8,12H,1,9-10H2,2-4H3,(H,16,21)(H,17,18,20)/t12-/m1/s1. The average molecular weight is 290 g/mol. The second kappa shape index (κ2) is 8.16. The van der Waals surface area contributed by atoms with Crippen LogP contribution in [0.25, 0.3) is 0 Å². The Balaban J connectivity index is 2.49. The Morgan fingerprint density at radius 2 is 2.19 bits per heavy atom. The van der Waals surface area contributed by atoms with Crippen LogP contribution < -0.4 is 10.6 Å². The van der Waals surface area contributed by atoms with Crippen LogP contribution in [0.15, 0.2) is 30.9 Å². The number of carbonyl (C=O) groups is 2. The van der Waals surface area contributed by atoms with Crippen LogP contribution in [-0.4, -0.2) is 47.9 Å². The number of likely N-dealkylation sites (N-methyl/N-ethyl adjacent to an activating group) is 1. The molecule has 1 heterocycles. The Hall–Kier alpha value is -2.21. The van der Waals surface area contributed by atoms with Gasteiger partial charge in [-0.3, -0.25) is 14.5 Å². The average Bonchev–Trinajstić information content (AvgIpc) is 2.43. The van der Waals surface area contributed by atoms with Crippen molar-refractivity contribution in [2.75, 3.05) is 25.5 Å². The van der Waals surface area contributed by atoms with Gasteiger partial charge in [0.25, 0.3) is 0 Å². The fraction of sp³-hybridized carbons (Fsp3) is 0.400. The lowest BCUT2D eigenvalue weighted by atomic mass is 10.2. The lowest BCUT2D eigenvalue weighted by molar-refractivity contribution is -0.126. The summed E-state index contributed by atoms with van der Waals surface area (Å²) in [6.07, 6.45) is 1.61. The van der Waals surface area contributed by atoms with Gasteiger partial charge in [0.05, 0.1) is 12.6 Å². The van der Waals surface area contributed by atoms with Crippen molar-refractivity contribution in [3.05, 3.63) is 36.5 Å². The molecule has 2 N–H and O–H groups in total. The highest BCUT2D eigenvalue weighted by Gasteiger charge is 2.19. The summed E-state index contributed by atoms with van der Waals surface area (Å²) < 4.78 is 0. The van der Waals surface area contributed by atoms with Crippen molar-refractivity contribution in [3.63, 3.8) is 0 Å². The second-order valence-corrected chi connectivity index (χ2v) is 4.84. The summed E-state index contributed by atoms with van der Waals surface area (Å²) in [7, 11) is 1.72. The highest BCUT2D eigenvalue weighted by molar-refractivity contribution is 5.92. The summed E-state index contributed by atoms with van der Waals surface area (Å²) in [6.45, 7) is 7.66. The Labute approximate surface area is 125 Å². The first kappa shape index (κ1) is 16.8. The fourth-order valence-corrected chi connectivity index (χ4v) is 1.68. The molecule has 0 spiro atoms. The second-order valence-electron chi connectivity index (χ2n) is 4.84. The van der Waals surface area contributed by atoms with Gasteiger partial charge < -0.3 is 10.6 Å². The van der Waals surface area contributed by atoms with Crippen LogP contribution in [0.2, 0.25) is 0 Å². The molecular weight excluding hydrogens is 268 g/mol. The van der Waals surface area contributed by atoms with Crippen LogP contribution in [0.5, 0.6) is 0 Å². The van der Waals surface area contributed by atoms with Gasteiger partial charge >= 0.3 is 0 Å². The zero-order valence-electron chi connectivity index (χ0n) is 12.7. The summed E-state index contributed by atoms with van der Waals surface area (Å²) in [4.78, 5) is 29.6. The van der Waals surface area contributed by atoms with E-state index in [2.05, 4.69) is 22.2 Å². The molecule has 0 saturated heterocycles. The summed E-state index contributed by atoms with van der Waals surface area (Å²) >= 11 is 0. The van der Waals surface area contributed by atoms with Gasteiger partial charge in [-0.05, 0) is 33.0 Å². The number of hydrogen-bond acceptors (Lipinski definition) is 4. The first-order valence-corrected chi connectivity index (χ1v) is 6.76. The lowest BCUT2D eigenvalue weighted by Gasteiger charge is -2.22. The molecule has 1 rings (SSSR count). The third kappa shape index (κ3) is 5.74. The van der Waals surface area contributed by atoms with Gasteiger partial charge in [0.2, 0.25) is 11.8 Å².